The number of hydrogen-bond acceptors (Lipinski definition) is 1. The molecule has 1 unspecified atom stereocenters. The quantitative estimate of drug-likeness (QED) is 0.811. The first-order chi connectivity index (χ1) is 8.49. The van der Waals surface area contributed by atoms with Crippen LogP contribution in [-0.2, 0) is 0 Å². The van der Waals surface area contributed by atoms with Gasteiger partial charge in [-0.3, -0.25) is 0 Å². The fraction of sp³-hybridized carbons (Fsp3) is 0.143. The lowest BCUT2D eigenvalue weighted by Crippen LogP contribution is -2.15. The molecule has 2 rings (SSSR count). The van der Waals surface area contributed by atoms with Crippen LogP contribution in [-0.4, -0.2) is 0 Å². The summed E-state index contributed by atoms with van der Waals surface area (Å²) >= 11 is 6.74. The molecule has 2 aromatic rings. The molecule has 18 heavy (non-hydrogen) atoms. The molecular formula is C14H12Br2FN. The molecule has 1 nitrogen and oxygen atoms in total. The molecule has 0 saturated carbocycles. The number of nitrogens with two attached hydrogens (primary N) is 1. The van der Waals surface area contributed by atoms with Gasteiger partial charge in [-0.05, 0) is 48.4 Å². The molecule has 4 heteroatoms. The molecule has 0 radical (unpaired) electrons. The number of rotatable bonds is 2. The third kappa shape index (κ3) is 2.82. The monoisotopic (exact) mass is 371 g/mol. The molecule has 1 atom stereocenters. The fourth-order valence-corrected chi connectivity index (χ4v) is 2.76. The Morgan fingerprint density at radius 3 is 2.28 bits per heavy atom. The minimum absolute atomic E-state index is 0.284. The van der Waals surface area contributed by atoms with Gasteiger partial charge >= 0.3 is 0 Å². The Bertz CT molecular complexity index is 584. The molecule has 0 aliphatic carbocycles. The zero-order chi connectivity index (χ0) is 13.3. The van der Waals surface area contributed by atoms with Gasteiger partial charge in [0.05, 0.1) is 6.04 Å². The molecule has 0 amide bonds. The fourth-order valence-electron chi connectivity index (χ4n) is 1.91. The summed E-state index contributed by atoms with van der Waals surface area (Å²) in [7, 11) is 0. The first kappa shape index (κ1) is 13.7. The van der Waals surface area contributed by atoms with E-state index in [9.17, 15) is 4.39 Å². The molecule has 0 aliphatic heterocycles. The lowest BCUT2D eigenvalue weighted by molar-refractivity contribution is 0.599. The van der Waals surface area contributed by atoms with Crippen LogP contribution in [0.4, 0.5) is 4.39 Å². The minimum atomic E-state index is -0.462. The molecular weight excluding hydrogens is 361 g/mol. The van der Waals surface area contributed by atoms with Crippen molar-refractivity contribution in [3.8, 4) is 0 Å². The maximum atomic E-state index is 13.8. The van der Waals surface area contributed by atoms with Gasteiger partial charge < -0.3 is 5.73 Å². The van der Waals surface area contributed by atoms with Gasteiger partial charge in [-0.1, -0.05) is 37.9 Å². The number of benzene rings is 2. The van der Waals surface area contributed by atoms with E-state index in [1.165, 1.54) is 6.07 Å². The molecule has 0 aromatic heterocycles. The summed E-state index contributed by atoms with van der Waals surface area (Å²) < 4.78 is 15.6. The van der Waals surface area contributed by atoms with Gasteiger partial charge in [0.2, 0.25) is 0 Å². The average molecular weight is 373 g/mol. The average Bonchev–Trinajstić information content (AvgIpc) is 2.31. The Hall–Kier alpha value is -0.710. The van der Waals surface area contributed by atoms with E-state index in [2.05, 4.69) is 31.9 Å². The van der Waals surface area contributed by atoms with Crippen LogP contribution in [0.15, 0.2) is 45.3 Å². The van der Waals surface area contributed by atoms with Crippen molar-refractivity contribution in [2.45, 2.75) is 13.0 Å². The zero-order valence-electron chi connectivity index (χ0n) is 9.75. The number of halogens is 3. The summed E-state index contributed by atoms with van der Waals surface area (Å²) in [5, 5.41) is 0. The van der Waals surface area contributed by atoms with Crippen molar-refractivity contribution in [3.05, 3.63) is 67.9 Å². The summed E-state index contributed by atoms with van der Waals surface area (Å²) in [5.41, 5.74) is 8.62. The molecule has 2 aromatic carbocycles. The summed E-state index contributed by atoms with van der Waals surface area (Å²) in [6.45, 7) is 1.97. The van der Waals surface area contributed by atoms with E-state index in [1.54, 1.807) is 12.1 Å². The van der Waals surface area contributed by atoms with Crippen LogP contribution in [0.25, 0.3) is 0 Å². The topological polar surface area (TPSA) is 26.0 Å². The van der Waals surface area contributed by atoms with Crippen LogP contribution >= 0.6 is 31.9 Å². The summed E-state index contributed by atoms with van der Waals surface area (Å²) in [4.78, 5) is 0. The summed E-state index contributed by atoms with van der Waals surface area (Å²) in [6, 6.07) is 10.2. The SMILES string of the molecule is Cc1cc(Br)ccc1C(N)c1cc(Br)ccc1F. The molecule has 94 valence electrons. The second kappa shape index (κ2) is 5.51. The third-order valence-electron chi connectivity index (χ3n) is 2.86. The second-order valence-electron chi connectivity index (χ2n) is 4.14. The summed E-state index contributed by atoms with van der Waals surface area (Å²) in [5.74, 6) is -0.284. The van der Waals surface area contributed by atoms with Gasteiger partial charge in [-0.15, -0.1) is 0 Å². The lowest BCUT2D eigenvalue weighted by atomic mass is 9.95. The van der Waals surface area contributed by atoms with E-state index >= 15 is 0 Å². The van der Waals surface area contributed by atoms with Gasteiger partial charge in [0.25, 0.3) is 0 Å². The Balaban J connectivity index is 2.47. The Morgan fingerprint density at radius 2 is 1.61 bits per heavy atom. The largest absolute Gasteiger partial charge is 0.320 e. The Kier molecular flexibility index (Phi) is 4.20. The highest BCUT2D eigenvalue weighted by atomic mass is 79.9. The highest BCUT2D eigenvalue weighted by Crippen LogP contribution is 2.28. The molecule has 0 saturated heterocycles. The van der Waals surface area contributed by atoms with E-state index < -0.39 is 6.04 Å². The van der Waals surface area contributed by atoms with Crippen LogP contribution in [0.5, 0.6) is 0 Å². The van der Waals surface area contributed by atoms with Crippen LogP contribution in [0.2, 0.25) is 0 Å². The maximum absolute atomic E-state index is 13.8. The van der Waals surface area contributed by atoms with Crippen LogP contribution in [0.1, 0.15) is 22.7 Å². The minimum Gasteiger partial charge on any atom is -0.320 e. The first-order valence-corrected chi connectivity index (χ1v) is 7.04. The molecule has 0 heterocycles. The second-order valence-corrected chi connectivity index (χ2v) is 5.98. The van der Waals surface area contributed by atoms with E-state index in [4.69, 9.17) is 5.73 Å². The zero-order valence-corrected chi connectivity index (χ0v) is 12.9. The van der Waals surface area contributed by atoms with E-state index in [1.807, 2.05) is 25.1 Å². The van der Waals surface area contributed by atoms with Gasteiger partial charge in [0.15, 0.2) is 0 Å². The maximum Gasteiger partial charge on any atom is 0.128 e. The highest BCUT2D eigenvalue weighted by Gasteiger charge is 2.15. The van der Waals surface area contributed by atoms with Crippen LogP contribution in [0.3, 0.4) is 0 Å². The van der Waals surface area contributed by atoms with Crippen molar-refractivity contribution in [3.63, 3.8) is 0 Å². The Labute approximate surface area is 122 Å². The number of hydrogen-bond donors (Lipinski definition) is 1. The van der Waals surface area contributed by atoms with Gasteiger partial charge in [0.1, 0.15) is 5.82 Å². The Morgan fingerprint density at radius 1 is 1.00 bits per heavy atom. The molecule has 2 N–H and O–H groups in total. The molecule has 0 fully saturated rings. The van der Waals surface area contributed by atoms with Gasteiger partial charge in [0, 0.05) is 14.5 Å². The number of aryl methyl sites for hydroxylation is 1. The summed E-state index contributed by atoms with van der Waals surface area (Å²) in [6.07, 6.45) is 0. The smallest absolute Gasteiger partial charge is 0.128 e. The van der Waals surface area contributed by atoms with E-state index in [0.29, 0.717) is 5.56 Å². The first-order valence-electron chi connectivity index (χ1n) is 5.45. The highest BCUT2D eigenvalue weighted by molar-refractivity contribution is 9.10. The predicted molar refractivity (Wildman–Crippen MR) is 79.0 cm³/mol. The standard InChI is InChI=1S/C14H12Br2FN/c1-8-6-9(15)2-4-11(8)14(18)12-7-10(16)3-5-13(12)17/h2-7,14H,18H2,1H3. The molecule has 0 spiro atoms. The van der Waals surface area contributed by atoms with Crippen molar-refractivity contribution in [1.82, 2.24) is 0 Å². The van der Waals surface area contributed by atoms with Crippen LogP contribution < -0.4 is 5.73 Å². The van der Waals surface area contributed by atoms with Crippen molar-refractivity contribution in [2.75, 3.05) is 0 Å². The van der Waals surface area contributed by atoms with Crippen molar-refractivity contribution in [1.29, 1.82) is 0 Å². The van der Waals surface area contributed by atoms with E-state index in [0.717, 1.165) is 20.1 Å². The lowest BCUT2D eigenvalue weighted by Gasteiger charge is -2.16. The van der Waals surface area contributed by atoms with Gasteiger partial charge in [-0.2, -0.15) is 0 Å². The van der Waals surface area contributed by atoms with Crippen molar-refractivity contribution < 1.29 is 4.39 Å². The van der Waals surface area contributed by atoms with Gasteiger partial charge in [-0.25, -0.2) is 4.39 Å². The predicted octanol–water partition coefficient (Wildman–Crippen LogP) is 4.71. The molecule has 0 bridgehead atoms. The van der Waals surface area contributed by atoms with Crippen molar-refractivity contribution >= 4 is 31.9 Å². The van der Waals surface area contributed by atoms with Crippen LogP contribution in [0, 0.1) is 12.7 Å². The van der Waals surface area contributed by atoms with Crippen molar-refractivity contribution in [2.24, 2.45) is 5.73 Å². The van der Waals surface area contributed by atoms with E-state index in [-0.39, 0.29) is 5.82 Å². The molecule has 0 aliphatic rings. The normalized spacial score (nSPS) is 12.5. The third-order valence-corrected chi connectivity index (χ3v) is 3.85.